The molecule has 0 fully saturated rings. The van der Waals surface area contributed by atoms with E-state index in [0.717, 1.165) is 6.29 Å². The van der Waals surface area contributed by atoms with Crippen molar-refractivity contribution in [1.29, 1.82) is 0 Å². The summed E-state index contributed by atoms with van der Waals surface area (Å²) in [6, 6.07) is 0. The molecule has 3 atom stereocenters. The first-order chi connectivity index (χ1) is 8.54. The molecule has 0 aromatic heterocycles. The van der Waals surface area contributed by atoms with Crippen LogP contribution >= 0.6 is 0 Å². The number of carbonyl (C=O) groups excluding carboxylic acids is 3. The number of carbonyl (C=O) groups is 3. The zero-order valence-electron chi connectivity index (χ0n) is 10.3. The first kappa shape index (κ1) is 14.2. The lowest BCUT2D eigenvalue weighted by atomic mass is 9.93. The van der Waals surface area contributed by atoms with Crippen molar-refractivity contribution in [3.63, 3.8) is 0 Å². The van der Waals surface area contributed by atoms with Crippen LogP contribution in [-0.2, 0) is 28.6 Å². The lowest BCUT2D eigenvalue weighted by Crippen LogP contribution is -2.43. The fourth-order valence-corrected chi connectivity index (χ4v) is 1.72. The van der Waals surface area contributed by atoms with Crippen LogP contribution < -0.4 is 0 Å². The first-order valence-corrected chi connectivity index (χ1v) is 5.61. The minimum absolute atomic E-state index is 0.0209. The van der Waals surface area contributed by atoms with Crippen LogP contribution in [0.15, 0.2) is 12.3 Å². The molecule has 0 saturated carbocycles. The first-order valence-electron chi connectivity index (χ1n) is 5.61. The Kier molecular flexibility index (Phi) is 5.35. The Morgan fingerprint density at radius 3 is 2.61 bits per heavy atom. The van der Waals surface area contributed by atoms with E-state index >= 15 is 0 Å². The van der Waals surface area contributed by atoms with Crippen LogP contribution in [-0.4, -0.2) is 37.0 Å². The predicted octanol–water partition coefficient (Wildman–Crippen LogP) is 0.599. The van der Waals surface area contributed by atoms with Crippen LogP contribution in [0.2, 0.25) is 0 Å². The molecule has 6 nitrogen and oxygen atoms in total. The standard InChI is InChI=1S/C12H16O6/c1-8(14)17-7-11-12(18-9(2)15)10(3-5-13)4-6-16-11/h4-6,10-12H,3,7H2,1-2H3/t10-,11+,12+/m0/s1. The predicted molar refractivity (Wildman–Crippen MR) is 60.4 cm³/mol. The topological polar surface area (TPSA) is 78.9 Å². The summed E-state index contributed by atoms with van der Waals surface area (Å²) >= 11 is 0. The van der Waals surface area contributed by atoms with Crippen LogP contribution in [0.4, 0.5) is 0 Å². The maximum atomic E-state index is 11.0. The lowest BCUT2D eigenvalue weighted by molar-refractivity contribution is -0.164. The zero-order valence-corrected chi connectivity index (χ0v) is 10.3. The van der Waals surface area contributed by atoms with Gasteiger partial charge in [-0.1, -0.05) is 0 Å². The number of aldehydes is 1. The summed E-state index contributed by atoms with van der Waals surface area (Å²) in [5, 5.41) is 0. The van der Waals surface area contributed by atoms with Gasteiger partial charge >= 0.3 is 11.9 Å². The van der Waals surface area contributed by atoms with Crippen LogP contribution in [0.5, 0.6) is 0 Å². The summed E-state index contributed by atoms with van der Waals surface area (Å²) in [4.78, 5) is 32.4. The molecule has 0 unspecified atom stereocenters. The Bertz CT molecular complexity index is 348. The highest BCUT2D eigenvalue weighted by Crippen LogP contribution is 2.24. The number of ether oxygens (including phenoxy) is 3. The van der Waals surface area contributed by atoms with E-state index in [1.54, 1.807) is 6.08 Å². The Hall–Kier alpha value is -1.85. The summed E-state index contributed by atoms with van der Waals surface area (Å²) in [5.41, 5.74) is 0. The van der Waals surface area contributed by atoms with Crippen LogP contribution in [0.3, 0.4) is 0 Å². The number of hydrogen-bond acceptors (Lipinski definition) is 6. The van der Waals surface area contributed by atoms with E-state index in [9.17, 15) is 14.4 Å². The third-order valence-electron chi connectivity index (χ3n) is 2.49. The number of hydrogen-bond donors (Lipinski definition) is 0. The molecule has 0 aromatic rings. The maximum Gasteiger partial charge on any atom is 0.303 e. The molecule has 0 aliphatic carbocycles. The molecule has 6 heteroatoms. The summed E-state index contributed by atoms with van der Waals surface area (Å²) in [6.07, 6.45) is 2.84. The van der Waals surface area contributed by atoms with Gasteiger partial charge in [-0.2, -0.15) is 0 Å². The van der Waals surface area contributed by atoms with Gasteiger partial charge in [-0.05, 0) is 6.08 Å². The molecule has 1 aliphatic rings. The van der Waals surface area contributed by atoms with Crippen molar-refractivity contribution >= 4 is 18.2 Å². The van der Waals surface area contributed by atoms with Crippen molar-refractivity contribution in [2.75, 3.05) is 6.61 Å². The fraction of sp³-hybridized carbons (Fsp3) is 0.583. The highest BCUT2D eigenvalue weighted by atomic mass is 16.6. The summed E-state index contributed by atoms with van der Waals surface area (Å²) in [6.45, 7) is 2.54. The Morgan fingerprint density at radius 2 is 2.06 bits per heavy atom. The van der Waals surface area contributed by atoms with Gasteiger partial charge in [0, 0.05) is 26.2 Å². The third kappa shape index (κ3) is 4.20. The van der Waals surface area contributed by atoms with Gasteiger partial charge in [-0.25, -0.2) is 0 Å². The summed E-state index contributed by atoms with van der Waals surface area (Å²) < 4.78 is 15.2. The van der Waals surface area contributed by atoms with Gasteiger partial charge in [0.15, 0.2) is 6.10 Å². The second kappa shape index (κ2) is 6.78. The van der Waals surface area contributed by atoms with Crippen molar-refractivity contribution in [3.8, 4) is 0 Å². The van der Waals surface area contributed by atoms with Gasteiger partial charge in [-0.3, -0.25) is 9.59 Å². The molecule has 0 N–H and O–H groups in total. The van der Waals surface area contributed by atoms with E-state index < -0.39 is 24.1 Å². The largest absolute Gasteiger partial charge is 0.491 e. The average Bonchev–Trinajstić information content (AvgIpc) is 2.29. The fourth-order valence-electron chi connectivity index (χ4n) is 1.72. The summed E-state index contributed by atoms with van der Waals surface area (Å²) in [7, 11) is 0. The Balaban J connectivity index is 2.72. The minimum Gasteiger partial charge on any atom is -0.491 e. The monoisotopic (exact) mass is 256 g/mol. The molecule has 1 rings (SSSR count). The molecule has 0 spiro atoms. The maximum absolute atomic E-state index is 11.0. The van der Waals surface area contributed by atoms with Gasteiger partial charge in [0.05, 0.1) is 6.26 Å². The van der Waals surface area contributed by atoms with E-state index in [0.29, 0.717) is 0 Å². The van der Waals surface area contributed by atoms with E-state index in [1.807, 2.05) is 0 Å². The van der Waals surface area contributed by atoms with Crippen molar-refractivity contribution in [2.24, 2.45) is 5.92 Å². The van der Waals surface area contributed by atoms with Crippen molar-refractivity contribution < 1.29 is 28.6 Å². The molecule has 0 radical (unpaired) electrons. The van der Waals surface area contributed by atoms with Crippen LogP contribution in [0.1, 0.15) is 20.3 Å². The lowest BCUT2D eigenvalue weighted by Gasteiger charge is -2.32. The van der Waals surface area contributed by atoms with E-state index in [2.05, 4.69) is 0 Å². The van der Waals surface area contributed by atoms with Crippen molar-refractivity contribution in [2.45, 2.75) is 32.5 Å². The average molecular weight is 256 g/mol. The SMILES string of the molecule is CC(=O)OC[C@H]1OC=C[C@H](CC=O)[C@H]1OC(C)=O. The third-order valence-corrected chi connectivity index (χ3v) is 2.49. The molecule has 18 heavy (non-hydrogen) atoms. The Morgan fingerprint density at radius 1 is 1.33 bits per heavy atom. The zero-order chi connectivity index (χ0) is 13.5. The van der Waals surface area contributed by atoms with Gasteiger partial charge in [0.25, 0.3) is 0 Å². The van der Waals surface area contributed by atoms with Crippen LogP contribution in [0.25, 0.3) is 0 Å². The molecular weight excluding hydrogens is 240 g/mol. The second-order valence-corrected chi connectivity index (χ2v) is 3.95. The highest BCUT2D eigenvalue weighted by molar-refractivity contribution is 5.66. The molecule has 1 aliphatic heterocycles. The molecule has 100 valence electrons. The molecule has 1 heterocycles. The van der Waals surface area contributed by atoms with Gasteiger partial charge in [0.1, 0.15) is 19.0 Å². The highest BCUT2D eigenvalue weighted by Gasteiger charge is 2.35. The molecule has 0 saturated heterocycles. The van der Waals surface area contributed by atoms with Gasteiger partial charge in [-0.15, -0.1) is 0 Å². The normalized spacial score (nSPS) is 26.0. The quantitative estimate of drug-likeness (QED) is 0.529. The minimum atomic E-state index is -0.628. The number of esters is 2. The molecule has 0 amide bonds. The summed E-state index contributed by atoms with van der Waals surface area (Å²) in [5.74, 6) is -1.18. The smallest absolute Gasteiger partial charge is 0.303 e. The van der Waals surface area contributed by atoms with E-state index in [1.165, 1.54) is 20.1 Å². The van der Waals surface area contributed by atoms with Gasteiger partial charge < -0.3 is 19.0 Å². The van der Waals surface area contributed by atoms with E-state index in [4.69, 9.17) is 14.2 Å². The molecule has 0 bridgehead atoms. The van der Waals surface area contributed by atoms with Gasteiger partial charge in [0.2, 0.25) is 0 Å². The van der Waals surface area contributed by atoms with Crippen molar-refractivity contribution in [3.05, 3.63) is 12.3 Å². The Labute approximate surface area is 105 Å². The second-order valence-electron chi connectivity index (χ2n) is 3.95. The van der Waals surface area contributed by atoms with Crippen molar-refractivity contribution in [1.82, 2.24) is 0 Å². The van der Waals surface area contributed by atoms with Crippen LogP contribution in [0, 0.1) is 5.92 Å². The molecular formula is C12H16O6. The number of rotatable bonds is 5. The van der Waals surface area contributed by atoms with E-state index in [-0.39, 0.29) is 18.9 Å². The molecule has 0 aromatic carbocycles.